The van der Waals surface area contributed by atoms with Crippen LogP contribution in [0.2, 0.25) is 0 Å². The number of rotatable bonds is 5. The van der Waals surface area contributed by atoms with Gasteiger partial charge in [0, 0.05) is 25.3 Å². The van der Waals surface area contributed by atoms with Crippen molar-refractivity contribution in [3.05, 3.63) is 47.3 Å². The van der Waals surface area contributed by atoms with Gasteiger partial charge in [-0.05, 0) is 43.4 Å². The molecule has 1 aliphatic carbocycles. The second-order valence-electron chi connectivity index (χ2n) is 6.52. The number of alkyl halides is 2. The summed E-state index contributed by atoms with van der Waals surface area (Å²) >= 11 is 0. The lowest BCUT2D eigenvalue weighted by Gasteiger charge is -2.15. The lowest BCUT2D eigenvalue weighted by atomic mass is 10.2. The summed E-state index contributed by atoms with van der Waals surface area (Å²) in [7, 11) is 0. The predicted molar refractivity (Wildman–Crippen MR) is 86.4 cm³/mol. The molecule has 128 valence electrons. The first-order valence-corrected chi connectivity index (χ1v) is 8.52. The Bertz CT molecular complexity index is 702. The van der Waals surface area contributed by atoms with E-state index in [2.05, 4.69) is 26.5 Å². The molecule has 0 amide bonds. The van der Waals surface area contributed by atoms with E-state index in [0.29, 0.717) is 19.5 Å². The van der Waals surface area contributed by atoms with Crippen LogP contribution in [0.5, 0.6) is 0 Å². The molecule has 1 aromatic heterocycles. The van der Waals surface area contributed by atoms with Gasteiger partial charge in [0.05, 0.1) is 17.5 Å². The van der Waals surface area contributed by atoms with E-state index in [-0.39, 0.29) is 6.10 Å². The topological polar surface area (TPSA) is 30.3 Å². The molecule has 2 aromatic rings. The number of fused-ring (bicyclic) bond motifs is 1. The van der Waals surface area contributed by atoms with Gasteiger partial charge in [-0.2, -0.15) is 13.9 Å². The maximum atomic E-state index is 12.4. The molecule has 1 aliphatic heterocycles. The van der Waals surface area contributed by atoms with Crippen molar-refractivity contribution < 1.29 is 13.5 Å². The molecule has 0 saturated carbocycles. The SMILES string of the molecule is FC(F)O[C@H]1CCN(Cc2nn(-c3ccccc3)c3c2CCC3)C1. The standard InChI is InChI=1S/C18H21F2N3O/c19-18(20)24-14-9-10-22(11-14)12-16-15-7-4-8-17(15)23(21-16)13-5-2-1-3-6-13/h1-3,5-6,14,18H,4,7-12H2/t14-/m0/s1. The van der Waals surface area contributed by atoms with Gasteiger partial charge in [0.2, 0.25) is 0 Å². The summed E-state index contributed by atoms with van der Waals surface area (Å²) in [5.74, 6) is 0. The molecule has 0 spiro atoms. The zero-order valence-corrected chi connectivity index (χ0v) is 13.5. The van der Waals surface area contributed by atoms with Crippen LogP contribution >= 0.6 is 0 Å². The Labute approximate surface area is 140 Å². The third-order valence-corrected chi connectivity index (χ3v) is 4.91. The van der Waals surface area contributed by atoms with E-state index in [1.165, 1.54) is 11.3 Å². The highest BCUT2D eigenvalue weighted by molar-refractivity contribution is 5.39. The highest BCUT2D eigenvalue weighted by Crippen LogP contribution is 2.29. The summed E-state index contributed by atoms with van der Waals surface area (Å²) in [6.45, 7) is -0.635. The highest BCUT2D eigenvalue weighted by atomic mass is 19.3. The number of hydrogen-bond acceptors (Lipinski definition) is 3. The van der Waals surface area contributed by atoms with Gasteiger partial charge in [0.15, 0.2) is 0 Å². The Hall–Kier alpha value is -1.79. The van der Waals surface area contributed by atoms with Crippen LogP contribution in [0.3, 0.4) is 0 Å². The van der Waals surface area contributed by atoms with Crippen molar-refractivity contribution >= 4 is 0 Å². The van der Waals surface area contributed by atoms with E-state index in [4.69, 9.17) is 5.10 Å². The van der Waals surface area contributed by atoms with Gasteiger partial charge in [-0.3, -0.25) is 4.90 Å². The van der Waals surface area contributed by atoms with Gasteiger partial charge in [-0.15, -0.1) is 0 Å². The molecule has 0 N–H and O–H groups in total. The van der Waals surface area contributed by atoms with Crippen LogP contribution in [0.25, 0.3) is 5.69 Å². The largest absolute Gasteiger partial charge is 0.345 e. The summed E-state index contributed by atoms with van der Waals surface area (Å²) in [4.78, 5) is 2.17. The minimum atomic E-state index is -2.68. The van der Waals surface area contributed by atoms with Gasteiger partial charge in [-0.25, -0.2) is 4.68 Å². The summed E-state index contributed by atoms with van der Waals surface area (Å²) in [6.07, 6.45) is 3.56. The van der Waals surface area contributed by atoms with Crippen molar-refractivity contribution in [2.24, 2.45) is 0 Å². The lowest BCUT2D eigenvalue weighted by Crippen LogP contribution is -2.24. The number of halogens is 2. The maximum absolute atomic E-state index is 12.4. The molecule has 2 heterocycles. The average Bonchev–Trinajstić information content (AvgIpc) is 3.26. The first kappa shape index (κ1) is 15.7. The second-order valence-corrected chi connectivity index (χ2v) is 6.52. The van der Waals surface area contributed by atoms with E-state index in [9.17, 15) is 8.78 Å². The molecule has 1 saturated heterocycles. The molecule has 0 unspecified atom stereocenters. The van der Waals surface area contributed by atoms with Crippen LogP contribution in [0, 0.1) is 0 Å². The number of likely N-dealkylation sites (tertiary alicyclic amines) is 1. The van der Waals surface area contributed by atoms with Gasteiger partial charge in [-0.1, -0.05) is 18.2 Å². The molecular formula is C18H21F2N3O. The van der Waals surface area contributed by atoms with E-state index >= 15 is 0 Å². The monoisotopic (exact) mass is 333 g/mol. The average molecular weight is 333 g/mol. The fourth-order valence-corrected chi connectivity index (χ4v) is 3.83. The quantitative estimate of drug-likeness (QED) is 0.842. The van der Waals surface area contributed by atoms with Crippen molar-refractivity contribution in [1.29, 1.82) is 0 Å². The Balaban J connectivity index is 1.53. The van der Waals surface area contributed by atoms with Gasteiger partial charge < -0.3 is 4.74 Å². The van der Waals surface area contributed by atoms with Crippen LogP contribution in [0.15, 0.2) is 30.3 Å². The van der Waals surface area contributed by atoms with Crippen LogP contribution in [0.4, 0.5) is 8.78 Å². The summed E-state index contributed by atoms with van der Waals surface area (Å²) in [5, 5.41) is 4.84. The van der Waals surface area contributed by atoms with Crippen molar-refractivity contribution in [2.45, 2.75) is 44.9 Å². The maximum Gasteiger partial charge on any atom is 0.345 e. The summed E-state index contributed by atoms with van der Waals surface area (Å²) < 4.78 is 31.4. The van der Waals surface area contributed by atoms with Crippen LogP contribution in [-0.4, -0.2) is 40.5 Å². The Morgan fingerprint density at radius 1 is 1.21 bits per heavy atom. The van der Waals surface area contributed by atoms with Gasteiger partial charge in [0.1, 0.15) is 0 Å². The molecule has 1 aromatic carbocycles. The van der Waals surface area contributed by atoms with Gasteiger partial charge in [0.25, 0.3) is 0 Å². The normalized spacial score (nSPS) is 20.9. The zero-order valence-electron chi connectivity index (χ0n) is 13.5. The number of benzene rings is 1. The molecule has 6 heteroatoms. The summed E-state index contributed by atoms with van der Waals surface area (Å²) in [5.41, 5.74) is 4.82. The van der Waals surface area contributed by atoms with Crippen molar-refractivity contribution in [1.82, 2.24) is 14.7 Å². The van der Waals surface area contributed by atoms with Crippen molar-refractivity contribution in [3.63, 3.8) is 0 Å². The fourth-order valence-electron chi connectivity index (χ4n) is 3.83. The molecule has 1 fully saturated rings. The zero-order chi connectivity index (χ0) is 16.5. The molecule has 0 bridgehead atoms. The van der Waals surface area contributed by atoms with E-state index in [1.54, 1.807) is 0 Å². The third kappa shape index (κ3) is 3.08. The first-order valence-electron chi connectivity index (χ1n) is 8.52. The molecule has 0 radical (unpaired) electrons. The van der Waals surface area contributed by atoms with Gasteiger partial charge >= 0.3 is 6.61 Å². The fraction of sp³-hybridized carbons (Fsp3) is 0.500. The minimum absolute atomic E-state index is 0.366. The van der Waals surface area contributed by atoms with E-state index in [1.807, 2.05) is 18.2 Å². The minimum Gasteiger partial charge on any atom is -0.318 e. The molecule has 4 nitrogen and oxygen atoms in total. The number of nitrogens with zero attached hydrogens (tertiary/aromatic N) is 3. The summed E-state index contributed by atoms with van der Waals surface area (Å²) in [6, 6.07) is 10.2. The predicted octanol–water partition coefficient (Wildman–Crippen LogP) is 3.17. The van der Waals surface area contributed by atoms with Crippen LogP contribution < -0.4 is 0 Å². The van der Waals surface area contributed by atoms with Crippen molar-refractivity contribution in [3.8, 4) is 5.69 Å². The third-order valence-electron chi connectivity index (χ3n) is 4.91. The van der Waals surface area contributed by atoms with Crippen LogP contribution in [-0.2, 0) is 24.1 Å². The van der Waals surface area contributed by atoms with E-state index in [0.717, 1.165) is 37.2 Å². The van der Waals surface area contributed by atoms with Crippen molar-refractivity contribution in [2.75, 3.05) is 13.1 Å². The first-order chi connectivity index (χ1) is 11.7. The Morgan fingerprint density at radius 2 is 2.04 bits per heavy atom. The number of ether oxygens (including phenoxy) is 1. The Morgan fingerprint density at radius 3 is 2.83 bits per heavy atom. The molecule has 1 atom stereocenters. The smallest absolute Gasteiger partial charge is 0.318 e. The second kappa shape index (κ2) is 6.61. The Kier molecular flexibility index (Phi) is 4.33. The molecular weight excluding hydrogens is 312 g/mol. The molecule has 4 rings (SSSR count). The molecule has 2 aliphatic rings. The number of hydrogen-bond donors (Lipinski definition) is 0. The number of aromatic nitrogens is 2. The lowest BCUT2D eigenvalue weighted by molar-refractivity contribution is -0.158. The van der Waals surface area contributed by atoms with Crippen LogP contribution in [0.1, 0.15) is 29.8 Å². The highest BCUT2D eigenvalue weighted by Gasteiger charge is 2.29. The molecule has 24 heavy (non-hydrogen) atoms. The van der Waals surface area contributed by atoms with E-state index < -0.39 is 6.61 Å². The number of para-hydroxylation sites is 1.